The van der Waals surface area contributed by atoms with Crippen LogP contribution in [0.15, 0.2) is 29.2 Å². The first-order valence-electron chi connectivity index (χ1n) is 5.49. The topological polar surface area (TPSA) is 84.7 Å². The molecule has 0 fully saturated rings. The van der Waals surface area contributed by atoms with Crippen LogP contribution in [0.5, 0.6) is 0 Å². The smallest absolute Gasteiger partial charge is 0.251 e. The molecule has 0 unspecified atom stereocenters. The highest BCUT2D eigenvalue weighted by Crippen LogP contribution is 2.16. The second-order valence-electron chi connectivity index (χ2n) is 3.65. The molecule has 2 rings (SSSR count). The van der Waals surface area contributed by atoms with E-state index < -0.39 is 0 Å². The van der Waals surface area contributed by atoms with E-state index in [1.54, 1.807) is 6.20 Å². The van der Waals surface area contributed by atoms with Gasteiger partial charge in [-0.25, -0.2) is 4.98 Å². The summed E-state index contributed by atoms with van der Waals surface area (Å²) < 4.78 is 0. The molecule has 5 nitrogen and oxygen atoms in total. The molecule has 2 heterocycles. The summed E-state index contributed by atoms with van der Waals surface area (Å²) in [7, 11) is 0. The molecule has 17 heavy (non-hydrogen) atoms. The number of aromatic nitrogens is 3. The molecule has 5 heteroatoms. The summed E-state index contributed by atoms with van der Waals surface area (Å²) in [5.41, 5.74) is 7.62. The molecule has 0 amide bonds. The van der Waals surface area contributed by atoms with Crippen molar-refractivity contribution in [2.45, 2.75) is 19.9 Å². The van der Waals surface area contributed by atoms with Crippen LogP contribution in [0.3, 0.4) is 0 Å². The van der Waals surface area contributed by atoms with Crippen molar-refractivity contribution in [2.24, 2.45) is 5.73 Å². The molecule has 0 saturated carbocycles. The minimum atomic E-state index is -0.205. The van der Waals surface area contributed by atoms with Gasteiger partial charge in [-0.15, -0.1) is 0 Å². The molecule has 2 aromatic rings. The Labute approximate surface area is 98.7 Å². The molecule has 0 aliphatic rings. The Kier molecular flexibility index (Phi) is 3.30. The normalized spacial score (nSPS) is 10.5. The average Bonchev–Trinajstić information content (AvgIpc) is 2.37. The van der Waals surface area contributed by atoms with Gasteiger partial charge in [0.2, 0.25) is 0 Å². The molecule has 3 N–H and O–H groups in total. The number of hydrogen-bond donors (Lipinski definition) is 2. The second kappa shape index (κ2) is 4.88. The Balaban J connectivity index is 2.59. The molecule has 0 spiro atoms. The zero-order valence-corrected chi connectivity index (χ0v) is 9.60. The van der Waals surface area contributed by atoms with E-state index in [4.69, 9.17) is 5.73 Å². The fraction of sp³-hybridized carbons (Fsp3) is 0.250. The molecule has 0 bridgehead atoms. The van der Waals surface area contributed by atoms with Gasteiger partial charge in [0.15, 0.2) is 5.82 Å². The zero-order chi connectivity index (χ0) is 12.3. The van der Waals surface area contributed by atoms with E-state index in [1.807, 2.05) is 19.1 Å². The van der Waals surface area contributed by atoms with Crippen LogP contribution in [0.25, 0.3) is 11.5 Å². The molecule has 0 saturated heterocycles. The van der Waals surface area contributed by atoms with Gasteiger partial charge in [0.1, 0.15) is 5.69 Å². The Hall–Kier alpha value is -2.01. The van der Waals surface area contributed by atoms with Gasteiger partial charge in [0.05, 0.1) is 5.69 Å². The van der Waals surface area contributed by atoms with Crippen molar-refractivity contribution in [1.82, 2.24) is 15.0 Å². The maximum Gasteiger partial charge on any atom is 0.251 e. The highest BCUT2D eigenvalue weighted by molar-refractivity contribution is 5.54. The summed E-state index contributed by atoms with van der Waals surface area (Å²) in [6.07, 6.45) is 2.52. The monoisotopic (exact) mass is 230 g/mol. The third-order valence-electron chi connectivity index (χ3n) is 2.50. The summed E-state index contributed by atoms with van der Waals surface area (Å²) in [6.45, 7) is 2.27. The Morgan fingerprint density at radius 1 is 1.47 bits per heavy atom. The minimum absolute atomic E-state index is 0.205. The van der Waals surface area contributed by atoms with E-state index in [0.29, 0.717) is 17.2 Å². The molecule has 0 aliphatic carbocycles. The third-order valence-corrected chi connectivity index (χ3v) is 2.50. The van der Waals surface area contributed by atoms with E-state index in [1.165, 1.54) is 6.07 Å². The van der Waals surface area contributed by atoms with Crippen molar-refractivity contribution in [3.05, 3.63) is 46.0 Å². The van der Waals surface area contributed by atoms with Crippen molar-refractivity contribution >= 4 is 0 Å². The van der Waals surface area contributed by atoms with Gasteiger partial charge < -0.3 is 10.7 Å². The summed E-state index contributed by atoms with van der Waals surface area (Å²) in [5.74, 6) is 0.482. The lowest BCUT2D eigenvalue weighted by Crippen LogP contribution is -2.13. The molecular weight excluding hydrogens is 216 g/mol. The second-order valence-corrected chi connectivity index (χ2v) is 3.65. The quantitative estimate of drug-likeness (QED) is 0.818. The molecule has 88 valence electrons. The van der Waals surface area contributed by atoms with E-state index >= 15 is 0 Å². The molecule has 2 aromatic heterocycles. The number of aryl methyl sites for hydroxylation is 1. The number of nitrogens with zero attached hydrogens (tertiary/aromatic N) is 2. The summed E-state index contributed by atoms with van der Waals surface area (Å²) in [5, 5.41) is 0. The van der Waals surface area contributed by atoms with Crippen LogP contribution < -0.4 is 11.3 Å². The lowest BCUT2D eigenvalue weighted by Gasteiger charge is -2.06. The first kappa shape index (κ1) is 11.5. The Bertz CT molecular complexity index is 577. The van der Waals surface area contributed by atoms with Gasteiger partial charge in [-0.1, -0.05) is 13.0 Å². The molecular formula is C12H14N4O. The van der Waals surface area contributed by atoms with Crippen LogP contribution in [0.2, 0.25) is 0 Å². The van der Waals surface area contributed by atoms with Gasteiger partial charge in [-0.2, -0.15) is 0 Å². The Morgan fingerprint density at radius 3 is 3.00 bits per heavy atom. The standard InChI is InChI=1S/C12H14N4O/c1-2-8-4-3-5-14-11(8)12-15-9(7-13)6-10(17)16-12/h3-6H,2,7,13H2,1H3,(H,15,16,17). The molecule has 0 aromatic carbocycles. The van der Waals surface area contributed by atoms with E-state index in [-0.39, 0.29) is 12.1 Å². The van der Waals surface area contributed by atoms with Crippen molar-refractivity contribution in [3.63, 3.8) is 0 Å². The lowest BCUT2D eigenvalue weighted by molar-refractivity contribution is 0.945. The SMILES string of the molecule is CCc1cccnc1-c1nc(CN)cc(=O)[nH]1. The van der Waals surface area contributed by atoms with Crippen molar-refractivity contribution in [2.75, 3.05) is 0 Å². The predicted molar refractivity (Wildman–Crippen MR) is 65.4 cm³/mol. The zero-order valence-electron chi connectivity index (χ0n) is 9.60. The molecule has 0 aliphatic heterocycles. The Morgan fingerprint density at radius 2 is 2.29 bits per heavy atom. The first-order chi connectivity index (χ1) is 8.24. The van der Waals surface area contributed by atoms with Crippen LogP contribution >= 0.6 is 0 Å². The highest BCUT2D eigenvalue weighted by atomic mass is 16.1. The van der Waals surface area contributed by atoms with Gasteiger partial charge in [0, 0.05) is 18.8 Å². The molecule has 0 atom stereocenters. The average molecular weight is 230 g/mol. The van der Waals surface area contributed by atoms with Crippen LogP contribution in [0, 0.1) is 0 Å². The number of pyridine rings is 1. The van der Waals surface area contributed by atoms with Crippen molar-refractivity contribution in [3.8, 4) is 11.5 Å². The number of nitrogens with one attached hydrogen (secondary N) is 1. The number of H-pyrrole nitrogens is 1. The summed E-state index contributed by atoms with van der Waals surface area (Å²) in [4.78, 5) is 22.7. The van der Waals surface area contributed by atoms with E-state index in [0.717, 1.165) is 12.0 Å². The van der Waals surface area contributed by atoms with E-state index in [2.05, 4.69) is 15.0 Å². The highest BCUT2D eigenvalue weighted by Gasteiger charge is 2.08. The van der Waals surface area contributed by atoms with Crippen LogP contribution in [0.1, 0.15) is 18.2 Å². The predicted octanol–water partition coefficient (Wildman–Crippen LogP) is 0.853. The maximum absolute atomic E-state index is 11.5. The van der Waals surface area contributed by atoms with Crippen molar-refractivity contribution < 1.29 is 0 Å². The molecule has 0 radical (unpaired) electrons. The number of hydrogen-bond acceptors (Lipinski definition) is 4. The van der Waals surface area contributed by atoms with Gasteiger partial charge >= 0.3 is 0 Å². The van der Waals surface area contributed by atoms with Crippen LogP contribution in [-0.4, -0.2) is 15.0 Å². The summed E-state index contributed by atoms with van der Waals surface area (Å²) >= 11 is 0. The minimum Gasteiger partial charge on any atom is -0.325 e. The van der Waals surface area contributed by atoms with Gasteiger partial charge in [-0.05, 0) is 18.1 Å². The largest absolute Gasteiger partial charge is 0.325 e. The third kappa shape index (κ3) is 2.39. The number of nitrogens with two attached hydrogens (primary N) is 1. The summed E-state index contributed by atoms with van der Waals surface area (Å²) in [6, 6.07) is 5.24. The number of rotatable bonds is 3. The van der Waals surface area contributed by atoms with Gasteiger partial charge in [-0.3, -0.25) is 9.78 Å². The van der Waals surface area contributed by atoms with E-state index in [9.17, 15) is 4.79 Å². The lowest BCUT2D eigenvalue weighted by atomic mass is 10.1. The fourth-order valence-electron chi connectivity index (χ4n) is 1.66. The first-order valence-corrected chi connectivity index (χ1v) is 5.49. The van der Waals surface area contributed by atoms with Crippen molar-refractivity contribution in [1.29, 1.82) is 0 Å². The maximum atomic E-state index is 11.5. The van der Waals surface area contributed by atoms with Crippen LogP contribution in [-0.2, 0) is 13.0 Å². The van der Waals surface area contributed by atoms with Gasteiger partial charge in [0.25, 0.3) is 5.56 Å². The number of aromatic amines is 1. The fourth-order valence-corrected chi connectivity index (χ4v) is 1.66. The van der Waals surface area contributed by atoms with Crippen LogP contribution in [0.4, 0.5) is 0 Å².